The van der Waals surface area contributed by atoms with E-state index in [9.17, 15) is 13.2 Å². The molecule has 0 spiro atoms. The van der Waals surface area contributed by atoms with Crippen LogP contribution in [-0.2, 0) is 6.18 Å². The van der Waals surface area contributed by atoms with E-state index in [1.807, 2.05) is 0 Å². The summed E-state index contributed by atoms with van der Waals surface area (Å²) < 4.78 is 38.0. The molecule has 2 nitrogen and oxygen atoms in total. The zero-order valence-electron chi connectivity index (χ0n) is 9.29. The second-order valence-corrected chi connectivity index (χ2v) is 4.14. The first-order valence-corrected chi connectivity index (χ1v) is 5.41. The molecule has 2 aromatic heterocycles. The van der Waals surface area contributed by atoms with Crippen molar-refractivity contribution >= 4 is 11.6 Å². The van der Waals surface area contributed by atoms with Crippen LogP contribution in [0, 0.1) is 6.92 Å². The van der Waals surface area contributed by atoms with E-state index in [1.165, 1.54) is 6.20 Å². The Labute approximate surface area is 106 Å². The summed E-state index contributed by atoms with van der Waals surface area (Å²) in [6, 6.07) is 3.39. The summed E-state index contributed by atoms with van der Waals surface area (Å²) >= 11 is 5.63. The van der Waals surface area contributed by atoms with E-state index < -0.39 is 11.7 Å². The Kier molecular flexibility index (Phi) is 3.26. The van der Waals surface area contributed by atoms with Crippen molar-refractivity contribution in [3.8, 4) is 11.3 Å². The fourth-order valence-corrected chi connectivity index (χ4v) is 1.77. The Hall–Kier alpha value is -1.62. The first-order chi connectivity index (χ1) is 8.38. The van der Waals surface area contributed by atoms with Crippen molar-refractivity contribution in [1.82, 2.24) is 9.97 Å². The SMILES string of the molecule is Cc1cnccc1-c1cc(C(F)(F)F)cc(Cl)n1. The van der Waals surface area contributed by atoms with Gasteiger partial charge in [0.2, 0.25) is 0 Å². The molecule has 0 saturated carbocycles. The molecule has 0 unspecified atom stereocenters. The van der Waals surface area contributed by atoms with Gasteiger partial charge in [0.1, 0.15) is 5.15 Å². The van der Waals surface area contributed by atoms with Gasteiger partial charge in [-0.15, -0.1) is 0 Å². The Morgan fingerprint density at radius 3 is 2.56 bits per heavy atom. The molecule has 18 heavy (non-hydrogen) atoms. The highest BCUT2D eigenvalue weighted by atomic mass is 35.5. The minimum absolute atomic E-state index is 0.184. The number of hydrogen-bond donors (Lipinski definition) is 0. The summed E-state index contributed by atoms with van der Waals surface area (Å²) in [7, 11) is 0. The average Bonchev–Trinajstić information content (AvgIpc) is 2.27. The van der Waals surface area contributed by atoms with Crippen LogP contribution in [0.15, 0.2) is 30.6 Å². The Balaban J connectivity index is 2.60. The van der Waals surface area contributed by atoms with Crippen LogP contribution in [0.1, 0.15) is 11.1 Å². The van der Waals surface area contributed by atoms with Gasteiger partial charge >= 0.3 is 6.18 Å². The summed E-state index contributed by atoms with van der Waals surface area (Å²) in [6.45, 7) is 1.75. The third-order valence-corrected chi connectivity index (χ3v) is 2.61. The van der Waals surface area contributed by atoms with E-state index in [4.69, 9.17) is 11.6 Å². The molecule has 0 aliphatic rings. The Bertz CT molecular complexity index is 582. The predicted octanol–water partition coefficient (Wildman–Crippen LogP) is 4.12. The van der Waals surface area contributed by atoms with E-state index in [-0.39, 0.29) is 10.8 Å². The quantitative estimate of drug-likeness (QED) is 0.730. The van der Waals surface area contributed by atoms with Crippen LogP contribution in [0.3, 0.4) is 0 Å². The van der Waals surface area contributed by atoms with Gasteiger partial charge < -0.3 is 0 Å². The van der Waals surface area contributed by atoms with Gasteiger partial charge in [-0.2, -0.15) is 13.2 Å². The molecule has 2 rings (SSSR count). The van der Waals surface area contributed by atoms with E-state index >= 15 is 0 Å². The lowest BCUT2D eigenvalue weighted by molar-refractivity contribution is -0.137. The van der Waals surface area contributed by atoms with Crippen molar-refractivity contribution in [2.75, 3.05) is 0 Å². The maximum atomic E-state index is 12.7. The number of aromatic nitrogens is 2. The molecule has 0 amide bonds. The lowest BCUT2D eigenvalue weighted by Gasteiger charge is -2.10. The smallest absolute Gasteiger partial charge is 0.264 e. The van der Waals surface area contributed by atoms with Crippen molar-refractivity contribution in [3.63, 3.8) is 0 Å². The van der Waals surface area contributed by atoms with E-state index in [1.54, 1.807) is 19.2 Å². The maximum Gasteiger partial charge on any atom is 0.416 e. The largest absolute Gasteiger partial charge is 0.416 e. The number of pyridine rings is 2. The van der Waals surface area contributed by atoms with Crippen molar-refractivity contribution in [2.24, 2.45) is 0 Å². The fourth-order valence-electron chi connectivity index (χ4n) is 1.56. The minimum atomic E-state index is -4.44. The first kappa shape index (κ1) is 12.8. The van der Waals surface area contributed by atoms with E-state index in [0.29, 0.717) is 5.56 Å². The van der Waals surface area contributed by atoms with Crippen LogP contribution in [-0.4, -0.2) is 9.97 Å². The number of halogens is 4. The zero-order chi connectivity index (χ0) is 13.3. The topological polar surface area (TPSA) is 25.8 Å². The minimum Gasteiger partial charge on any atom is -0.264 e. The second-order valence-electron chi connectivity index (χ2n) is 3.75. The van der Waals surface area contributed by atoms with Crippen molar-refractivity contribution in [3.05, 3.63) is 46.9 Å². The van der Waals surface area contributed by atoms with Crippen LogP contribution in [0.2, 0.25) is 5.15 Å². The monoisotopic (exact) mass is 272 g/mol. The van der Waals surface area contributed by atoms with Crippen LogP contribution < -0.4 is 0 Å². The van der Waals surface area contributed by atoms with Gasteiger partial charge in [-0.05, 0) is 30.7 Å². The van der Waals surface area contributed by atoms with Gasteiger partial charge in [0.05, 0.1) is 11.3 Å². The van der Waals surface area contributed by atoms with Crippen LogP contribution in [0.4, 0.5) is 13.2 Å². The van der Waals surface area contributed by atoms with Gasteiger partial charge in [-0.3, -0.25) is 4.98 Å². The third-order valence-electron chi connectivity index (χ3n) is 2.42. The molecule has 94 valence electrons. The normalized spacial score (nSPS) is 11.6. The van der Waals surface area contributed by atoms with Gasteiger partial charge in [0, 0.05) is 18.0 Å². The van der Waals surface area contributed by atoms with Crippen LogP contribution in [0.25, 0.3) is 11.3 Å². The Morgan fingerprint density at radius 2 is 1.94 bits per heavy atom. The van der Waals surface area contributed by atoms with Crippen molar-refractivity contribution in [1.29, 1.82) is 0 Å². The van der Waals surface area contributed by atoms with Gasteiger partial charge in [-0.1, -0.05) is 11.6 Å². The lowest BCUT2D eigenvalue weighted by Crippen LogP contribution is -2.06. The van der Waals surface area contributed by atoms with Crippen molar-refractivity contribution < 1.29 is 13.2 Å². The lowest BCUT2D eigenvalue weighted by atomic mass is 10.1. The van der Waals surface area contributed by atoms with Gasteiger partial charge in [0.15, 0.2) is 0 Å². The molecular formula is C12H8ClF3N2. The molecule has 0 fully saturated rings. The predicted molar refractivity (Wildman–Crippen MR) is 62.2 cm³/mol. The summed E-state index contributed by atoms with van der Waals surface area (Å²) in [5.41, 5.74) is 0.696. The molecule has 0 aliphatic heterocycles. The summed E-state index contributed by atoms with van der Waals surface area (Å²) in [6.07, 6.45) is -1.38. The highest BCUT2D eigenvalue weighted by molar-refractivity contribution is 6.29. The highest BCUT2D eigenvalue weighted by Gasteiger charge is 2.31. The molecule has 2 aromatic rings. The molecule has 6 heteroatoms. The number of hydrogen-bond acceptors (Lipinski definition) is 2. The fraction of sp³-hybridized carbons (Fsp3) is 0.167. The van der Waals surface area contributed by atoms with Crippen LogP contribution >= 0.6 is 11.6 Å². The summed E-state index contributed by atoms with van der Waals surface area (Å²) in [5, 5.41) is -0.184. The summed E-state index contributed by atoms with van der Waals surface area (Å²) in [4.78, 5) is 7.80. The highest BCUT2D eigenvalue weighted by Crippen LogP contribution is 2.33. The average molecular weight is 273 g/mol. The number of nitrogens with zero attached hydrogens (tertiary/aromatic N) is 2. The molecule has 0 N–H and O–H groups in total. The third kappa shape index (κ3) is 2.61. The van der Waals surface area contributed by atoms with Gasteiger partial charge in [-0.25, -0.2) is 4.98 Å². The summed E-state index contributed by atoms with van der Waals surface area (Å²) in [5.74, 6) is 0. The van der Waals surface area contributed by atoms with Crippen LogP contribution in [0.5, 0.6) is 0 Å². The molecular weight excluding hydrogens is 265 g/mol. The molecule has 0 atom stereocenters. The number of aryl methyl sites for hydroxylation is 1. The van der Waals surface area contributed by atoms with Gasteiger partial charge in [0.25, 0.3) is 0 Å². The molecule has 0 bridgehead atoms. The molecule has 0 saturated heterocycles. The zero-order valence-corrected chi connectivity index (χ0v) is 10.0. The standard InChI is InChI=1S/C12H8ClF3N2/c1-7-6-17-3-2-9(7)10-4-8(12(14,15)16)5-11(13)18-10/h2-6H,1H3. The molecule has 0 aromatic carbocycles. The molecule has 2 heterocycles. The molecule has 0 aliphatic carbocycles. The van der Waals surface area contributed by atoms with E-state index in [2.05, 4.69) is 9.97 Å². The number of rotatable bonds is 1. The first-order valence-electron chi connectivity index (χ1n) is 5.03. The Morgan fingerprint density at radius 1 is 1.22 bits per heavy atom. The maximum absolute atomic E-state index is 12.7. The van der Waals surface area contributed by atoms with Crippen molar-refractivity contribution in [2.45, 2.75) is 13.1 Å². The van der Waals surface area contributed by atoms with E-state index in [0.717, 1.165) is 17.7 Å². The second kappa shape index (κ2) is 4.57. The molecule has 0 radical (unpaired) electrons. The number of alkyl halides is 3.